The van der Waals surface area contributed by atoms with E-state index in [1.807, 2.05) is 6.92 Å². The SMILES string of the molecule is CCc1nc(C(N)=O)c(Nc2cccc(S(C)(=O)=O)c2)nc1NC1CCCN(CC)C1. The highest BCUT2D eigenvalue weighted by Crippen LogP contribution is 2.25. The van der Waals surface area contributed by atoms with Crippen LogP contribution in [0.15, 0.2) is 29.2 Å². The van der Waals surface area contributed by atoms with Gasteiger partial charge in [0.25, 0.3) is 5.91 Å². The second kappa shape index (κ2) is 9.61. The molecular weight excluding hydrogens is 416 g/mol. The third-order valence-corrected chi connectivity index (χ3v) is 6.47. The van der Waals surface area contributed by atoms with Crippen LogP contribution >= 0.6 is 0 Å². The van der Waals surface area contributed by atoms with Crippen LogP contribution in [0, 0.1) is 0 Å². The summed E-state index contributed by atoms with van der Waals surface area (Å²) in [5, 5.41) is 6.52. The van der Waals surface area contributed by atoms with Crippen LogP contribution in [0.25, 0.3) is 0 Å². The number of piperidine rings is 1. The Kier molecular flexibility index (Phi) is 7.11. The molecule has 1 amide bonds. The van der Waals surface area contributed by atoms with Crippen LogP contribution in [-0.2, 0) is 16.3 Å². The summed E-state index contributed by atoms with van der Waals surface area (Å²) >= 11 is 0. The fourth-order valence-corrected chi connectivity index (χ4v) is 4.35. The van der Waals surface area contributed by atoms with E-state index in [0.717, 1.165) is 38.7 Å². The molecule has 4 N–H and O–H groups in total. The van der Waals surface area contributed by atoms with Gasteiger partial charge in [0.05, 0.1) is 10.6 Å². The first-order valence-electron chi connectivity index (χ1n) is 10.5. The lowest BCUT2D eigenvalue weighted by atomic mass is 10.1. The van der Waals surface area contributed by atoms with Crippen molar-refractivity contribution < 1.29 is 13.2 Å². The zero-order valence-corrected chi connectivity index (χ0v) is 19.0. The van der Waals surface area contributed by atoms with Gasteiger partial charge in [-0.25, -0.2) is 18.4 Å². The number of likely N-dealkylation sites (N-methyl/N-ethyl adjacent to an activating group) is 1. The number of amides is 1. The maximum absolute atomic E-state index is 12.0. The summed E-state index contributed by atoms with van der Waals surface area (Å²) in [6, 6.07) is 6.55. The molecule has 0 saturated carbocycles. The number of nitrogens with zero attached hydrogens (tertiary/aromatic N) is 3. The van der Waals surface area contributed by atoms with E-state index in [1.165, 1.54) is 12.1 Å². The molecule has 1 unspecified atom stereocenters. The summed E-state index contributed by atoms with van der Waals surface area (Å²) in [4.78, 5) is 23.7. The molecule has 1 atom stereocenters. The lowest BCUT2D eigenvalue weighted by Gasteiger charge is -2.33. The number of aromatic nitrogens is 2. The van der Waals surface area contributed by atoms with Crippen molar-refractivity contribution in [3.63, 3.8) is 0 Å². The van der Waals surface area contributed by atoms with Crippen molar-refractivity contribution in [1.82, 2.24) is 14.9 Å². The van der Waals surface area contributed by atoms with Gasteiger partial charge >= 0.3 is 0 Å². The Hall–Kier alpha value is -2.72. The van der Waals surface area contributed by atoms with Crippen molar-refractivity contribution >= 4 is 33.1 Å². The number of nitrogens with one attached hydrogen (secondary N) is 2. The number of anilines is 3. The smallest absolute Gasteiger partial charge is 0.271 e. The van der Waals surface area contributed by atoms with Gasteiger partial charge in [-0.1, -0.05) is 19.9 Å². The van der Waals surface area contributed by atoms with Crippen molar-refractivity contribution in [2.75, 3.05) is 36.5 Å². The van der Waals surface area contributed by atoms with E-state index in [4.69, 9.17) is 5.73 Å². The average Bonchev–Trinajstić information content (AvgIpc) is 2.73. The van der Waals surface area contributed by atoms with Gasteiger partial charge in [-0.05, 0) is 50.6 Å². The maximum atomic E-state index is 12.0. The number of likely N-dealkylation sites (tertiary alicyclic amines) is 1. The van der Waals surface area contributed by atoms with Crippen molar-refractivity contribution in [3.8, 4) is 0 Å². The molecule has 168 valence electrons. The van der Waals surface area contributed by atoms with Crippen LogP contribution in [0.4, 0.5) is 17.3 Å². The predicted molar refractivity (Wildman–Crippen MR) is 122 cm³/mol. The van der Waals surface area contributed by atoms with Gasteiger partial charge in [0.15, 0.2) is 27.2 Å². The van der Waals surface area contributed by atoms with E-state index < -0.39 is 15.7 Å². The van der Waals surface area contributed by atoms with Crippen LogP contribution in [0.5, 0.6) is 0 Å². The minimum absolute atomic E-state index is 0.0194. The quantitative estimate of drug-likeness (QED) is 0.562. The van der Waals surface area contributed by atoms with Crippen LogP contribution in [0.3, 0.4) is 0 Å². The van der Waals surface area contributed by atoms with E-state index in [2.05, 4.69) is 32.4 Å². The minimum atomic E-state index is -3.37. The number of nitrogens with two attached hydrogens (primary N) is 1. The Morgan fingerprint density at radius 1 is 1.26 bits per heavy atom. The lowest BCUT2D eigenvalue weighted by molar-refractivity contribution is 0.0996. The summed E-state index contributed by atoms with van der Waals surface area (Å²) in [6.45, 7) is 7.09. The number of aryl methyl sites for hydroxylation is 1. The van der Waals surface area contributed by atoms with E-state index in [0.29, 0.717) is 23.6 Å². The lowest BCUT2D eigenvalue weighted by Crippen LogP contribution is -2.42. The number of hydrogen-bond donors (Lipinski definition) is 3. The fourth-order valence-electron chi connectivity index (χ4n) is 3.69. The monoisotopic (exact) mass is 446 g/mol. The predicted octanol–water partition coefficient (Wildman–Crippen LogP) is 2.18. The molecule has 1 aliphatic heterocycles. The summed E-state index contributed by atoms with van der Waals surface area (Å²) in [5.41, 5.74) is 6.72. The number of primary amides is 1. The van der Waals surface area contributed by atoms with Gasteiger partial charge in [-0.2, -0.15) is 0 Å². The molecule has 10 heteroatoms. The highest BCUT2D eigenvalue weighted by molar-refractivity contribution is 7.90. The Morgan fingerprint density at radius 3 is 2.68 bits per heavy atom. The second-order valence-corrected chi connectivity index (χ2v) is 9.75. The number of hydrogen-bond acceptors (Lipinski definition) is 8. The van der Waals surface area contributed by atoms with Crippen LogP contribution in [0.1, 0.15) is 42.9 Å². The largest absolute Gasteiger partial charge is 0.364 e. The van der Waals surface area contributed by atoms with E-state index >= 15 is 0 Å². The number of benzene rings is 1. The van der Waals surface area contributed by atoms with Gasteiger partial charge in [0.1, 0.15) is 0 Å². The highest BCUT2D eigenvalue weighted by Gasteiger charge is 2.23. The van der Waals surface area contributed by atoms with Crippen LogP contribution in [0.2, 0.25) is 0 Å². The summed E-state index contributed by atoms with van der Waals surface area (Å²) in [7, 11) is -3.37. The molecule has 9 nitrogen and oxygen atoms in total. The van der Waals surface area contributed by atoms with Crippen LogP contribution < -0.4 is 16.4 Å². The third-order valence-electron chi connectivity index (χ3n) is 5.35. The Balaban J connectivity index is 1.95. The normalized spacial score (nSPS) is 17.3. The van der Waals surface area contributed by atoms with Crippen LogP contribution in [-0.4, -0.2) is 61.1 Å². The second-order valence-electron chi connectivity index (χ2n) is 7.74. The molecule has 0 radical (unpaired) electrons. The standard InChI is InChI=1S/C21H30N6O3S/c1-4-17-20(24-15-9-7-11-27(5-2)13-15)26-21(18(25-17)19(22)28)23-14-8-6-10-16(12-14)31(3,29)30/h6,8,10,12,15H,4-5,7,9,11,13H2,1-3H3,(H2,22,28)(H2,23,24,26). The van der Waals surface area contributed by atoms with Crippen molar-refractivity contribution in [3.05, 3.63) is 35.7 Å². The topological polar surface area (TPSA) is 130 Å². The zero-order valence-electron chi connectivity index (χ0n) is 18.2. The Morgan fingerprint density at radius 2 is 2.03 bits per heavy atom. The first kappa shape index (κ1) is 23.0. The van der Waals surface area contributed by atoms with Gasteiger partial charge in [0.2, 0.25) is 0 Å². The third kappa shape index (κ3) is 5.71. The molecule has 2 aromatic rings. The zero-order chi connectivity index (χ0) is 22.6. The summed E-state index contributed by atoms with van der Waals surface area (Å²) < 4.78 is 23.8. The summed E-state index contributed by atoms with van der Waals surface area (Å²) in [6.07, 6.45) is 3.85. The van der Waals surface area contributed by atoms with Crippen molar-refractivity contribution in [1.29, 1.82) is 0 Å². The van der Waals surface area contributed by atoms with E-state index in [9.17, 15) is 13.2 Å². The number of rotatable bonds is 8. The molecule has 3 rings (SSSR count). The van der Waals surface area contributed by atoms with E-state index in [-0.39, 0.29) is 22.4 Å². The number of carbonyl (C=O) groups excluding carboxylic acids is 1. The Labute approximate surface area is 183 Å². The fraction of sp³-hybridized carbons (Fsp3) is 0.476. The molecule has 1 saturated heterocycles. The van der Waals surface area contributed by atoms with Crippen molar-refractivity contribution in [2.24, 2.45) is 5.73 Å². The molecular formula is C21H30N6O3S. The molecule has 1 fully saturated rings. The number of sulfone groups is 1. The Bertz CT molecular complexity index is 1060. The van der Waals surface area contributed by atoms with Gasteiger partial charge in [0, 0.05) is 24.5 Å². The molecule has 1 aromatic heterocycles. The molecule has 31 heavy (non-hydrogen) atoms. The maximum Gasteiger partial charge on any atom is 0.271 e. The molecule has 0 aliphatic carbocycles. The summed E-state index contributed by atoms with van der Waals surface area (Å²) in [5.74, 6) is 0.101. The van der Waals surface area contributed by atoms with Gasteiger partial charge < -0.3 is 21.3 Å². The molecule has 1 aliphatic rings. The van der Waals surface area contributed by atoms with Crippen molar-refractivity contribution in [2.45, 2.75) is 44.0 Å². The van der Waals surface area contributed by atoms with Gasteiger partial charge in [-0.3, -0.25) is 4.79 Å². The van der Waals surface area contributed by atoms with E-state index in [1.54, 1.807) is 12.1 Å². The number of carbonyl (C=O) groups is 1. The first-order valence-corrected chi connectivity index (χ1v) is 12.4. The van der Waals surface area contributed by atoms with Gasteiger partial charge in [-0.15, -0.1) is 0 Å². The highest BCUT2D eigenvalue weighted by atomic mass is 32.2. The molecule has 2 heterocycles. The average molecular weight is 447 g/mol. The molecule has 0 bridgehead atoms. The minimum Gasteiger partial charge on any atom is -0.364 e. The first-order chi connectivity index (χ1) is 14.7. The molecule has 1 aromatic carbocycles. The molecule has 0 spiro atoms.